The third-order valence-electron chi connectivity index (χ3n) is 2.80. The lowest BCUT2D eigenvalue weighted by Gasteiger charge is -2.01. The topological polar surface area (TPSA) is 43.1 Å². The second-order valence-corrected chi connectivity index (χ2v) is 3.85. The fourth-order valence-electron chi connectivity index (χ4n) is 1.94. The first-order valence-corrected chi connectivity index (χ1v) is 5.40. The first kappa shape index (κ1) is 10.7. The lowest BCUT2D eigenvalue weighted by molar-refractivity contribution is 0.112. The van der Waals surface area contributed by atoms with Gasteiger partial charge in [-0.05, 0) is 18.2 Å². The predicted octanol–water partition coefficient (Wildman–Crippen LogP) is 3.45. The molecule has 3 nitrogen and oxygen atoms in total. The normalized spacial score (nSPS) is 10.7. The van der Waals surface area contributed by atoms with Gasteiger partial charge in [0.15, 0.2) is 11.9 Å². The number of carbonyl (C=O) groups excluding carboxylic acids is 1. The molecular weight excluding hydrogens is 233 g/mol. The molecule has 0 spiro atoms. The summed E-state index contributed by atoms with van der Waals surface area (Å²) >= 11 is 0. The van der Waals surface area contributed by atoms with Crippen LogP contribution in [0.3, 0.4) is 0 Å². The summed E-state index contributed by atoms with van der Waals surface area (Å²) in [5.41, 5.74) is 1.52. The van der Waals surface area contributed by atoms with Gasteiger partial charge < -0.3 is 4.52 Å². The van der Waals surface area contributed by atoms with Crippen molar-refractivity contribution in [3.05, 3.63) is 53.8 Å². The maximum Gasteiger partial charge on any atom is 0.167 e. The number of fused-ring (bicyclic) bond motifs is 1. The quantitative estimate of drug-likeness (QED) is 0.645. The summed E-state index contributed by atoms with van der Waals surface area (Å²) in [5.74, 6) is -0.561. The molecule has 0 radical (unpaired) electrons. The van der Waals surface area contributed by atoms with Crippen molar-refractivity contribution in [2.24, 2.45) is 0 Å². The van der Waals surface area contributed by atoms with Gasteiger partial charge in [0, 0.05) is 10.9 Å². The predicted molar refractivity (Wildman–Crippen MR) is 64.8 cm³/mol. The van der Waals surface area contributed by atoms with Crippen LogP contribution in [0.2, 0.25) is 0 Å². The molecule has 0 saturated heterocycles. The van der Waals surface area contributed by atoms with Crippen LogP contribution in [-0.4, -0.2) is 11.4 Å². The van der Waals surface area contributed by atoms with Gasteiger partial charge in [-0.1, -0.05) is 29.4 Å². The van der Waals surface area contributed by atoms with Crippen LogP contribution in [0.15, 0.2) is 47.0 Å². The Morgan fingerprint density at radius 2 is 1.94 bits per heavy atom. The first-order valence-electron chi connectivity index (χ1n) is 5.40. The van der Waals surface area contributed by atoms with Crippen LogP contribution in [-0.2, 0) is 0 Å². The number of carbonyl (C=O) groups is 1. The summed E-state index contributed by atoms with van der Waals surface area (Å²) in [6, 6.07) is 11.7. The van der Waals surface area contributed by atoms with Crippen molar-refractivity contribution in [1.29, 1.82) is 0 Å². The smallest absolute Gasteiger partial charge is 0.167 e. The second kappa shape index (κ2) is 4.07. The second-order valence-electron chi connectivity index (χ2n) is 3.85. The minimum absolute atomic E-state index is 0.00319. The molecule has 0 fully saturated rings. The Balaban J connectivity index is 2.33. The molecular formula is C14H8FNO2. The maximum atomic E-state index is 13.6. The molecule has 0 saturated carbocycles. The van der Waals surface area contributed by atoms with Gasteiger partial charge in [0.1, 0.15) is 11.5 Å². The monoisotopic (exact) mass is 241 g/mol. The van der Waals surface area contributed by atoms with E-state index in [1.807, 2.05) is 18.2 Å². The largest absolute Gasteiger partial charge is 0.356 e. The SMILES string of the molecule is O=Cc1c(F)cccc1-c1noc2ccccc12. The molecule has 0 aliphatic carbocycles. The molecule has 0 aliphatic rings. The van der Waals surface area contributed by atoms with E-state index in [-0.39, 0.29) is 5.56 Å². The number of aldehydes is 1. The van der Waals surface area contributed by atoms with Crippen LogP contribution in [0.1, 0.15) is 10.4 Å². The Labute approximate surface area is 102 Å². The van der Waals surface area contributed by atoms with Crippen LogP contribution in [0, 0.1) is 5.82 Å². The minimum Gasteiger partial charge on any atom is -0.356 e. The zero-order valence-electron chi connectivity index (χ0n) is 9.26. The number of nitrogens with zero attached hydrogens (tertiary/aromatic N) is 1. The van der Waals surface area contributed by atoms with Crippen molar-refractivity contribution in [2.75, 3.05) is 0 Å². The van der Waals surface area contributed by atoms with E-state index in [0.29, 0.717) is 23.1 Å². The highest BCUT2D eigenvalue weighted by Crippen LogP contribution is 2.30. The molecule has 0 atom stereocenters. The molecule has 0 unspecified atom stereocenters. The van der Waals surface area contributed by atoms with Crippen LogP contribution >= 0.6 is 0 Å². The number of benzene rings is 2. The Kier molecular flexibility index (Phi) is 2.41. The van der Waals surface area contributed by atoms with E-state index >= 15 is 0 Å². The molecule has 3 rings (SSSR count). The van der Waals surface area contributed by atoms with Crippen molar-refractivity contribution in [1.82, 2.24) is 5.16 Å². The molecule has 4 heteroatoms. The zero-order chi connectivity index (χ0) is 12.5. The molecule has 0 amide bonds. The van der Waals surface area contributed by atoms with Gasteiger partial charge in [-0.2, -0.15) is 0 Å². The highest BCUT2D eigenvalue weighted by Gasteiger charge is 2.15. The van der Waals surface area contributed by atoms with Gasteiger partial charge in [-0.3, -0.25) is 4.79 Å². The van der Waals surface area contributed by atoms with Crippen LogP contribution in [0.4, 0.5) is 4.39 Å². The fourth-order valence-corrected chi connectivity index (χ4v) is 1.94. The average molecular weight is 241 g/mol. The molecule has 0 bridgehead atoms. The summed E-state index contributed by atoms with van der Waals surface area (Å²) in [6.45, 7) is 0. The molecule has 0 aliphatic heterocycles. The summed E-state index contributed by atoms with van der Waals surface area (Å²) in [5, 5.41) is 4.67. The van der Waals surface area contributed by atoms with E-state index in [2.05, 4.69) is 5.16 Å². The molecule has 2 aromatic carbocycles. The number of hydrogen-bond acceptors (Lipinski definition) is 3. The van der Waals surface area contributed by atoms with E-state index in [9.17, 15) is 9.18 Å². The van der Waals surface area contributed by atoms with E-state index < -0.39 is 5.82 Å². The Hall–Kier alpha value is -2.49. The molecule has 1 aromatic heterocycles. The van der Waals surface area contributed by atoms with Crippen molar-refractivity contribution >= 4 is 17.3 Å². The van der Waals surface area contributed by atoms with Crippen LogP contribution in [0.5, 0.6) is 0 Å². The Morgan fingerprint density at radius 1 is 1.11 bits per heavy atom. The van der Waals surface area contributed by atoms with E-state index in [4.69, 9.17) is 4.52 Å². The van der Waals surface area contributed by atoms with Gasteiger partial charge >= 0.3 is 0 Å². The third kappa shape index (κ3) is 1.50. The number of para-hydroxylation sites is 1. The van der Waals surface area contributed by atoms with Crippen LogP contribution < -0.4 is 0 Å². The van der Waals surface area contributed by atoms with Gasteiger partial charge in [-0.25, -0.2) is 4.39 Å². The number of aromatic nitrogens is 1. The minimum atomic E-state index is -0.561. The Bertz CT molecular complexity index is 733. The maximum absolute atomic E-state index is 13.6. The van der Waals surface area contributed by atoms with Crippen molar-refractivity contribution < 1.29 is 13.7 Å². The van der Waals surface area contributed by atoms with Crippen molar-refractivity contribution in [3.8, 4) is 11.3 Å². The lowest BCUT2D eigenvalue weighted by atomic mass is 10.0. The summed E-state index contributed by atoms with van der Waals surface area (Å²) in [4.78, 5) is 11.0. The highest BCUT2D eigenvalue weighted by atomic mass is 19.1. The van der Waals surface area contributed by atoms with E-state index in [1.165, 1.54) is 6.07 Å². The molecule has 88 valence electrons. The number of halogens is 1. The van der Waals surface area contributed by atoms with E-state index in [1.54, 1.807) is 18.2 Å². The summed E-state index contributed by atoms with van der Waals surface area (Å²) in [6.07, 6.45) is 0.494. The van der Waals surface area contributed by atoms with Crippen molar-refractivity contribution in [3.63, 3.8) is 0 Å². The van der Waals surface area contributed by atoms with Gasteiger partial charge in [0.25, 0.3) is 0 Å². The van der Waals surface area contributed by atoms with Gasteiger partial charge in [-0.15, -0.1) is 0 Å². The number of rotatable bonds is 2. The number of hydrogen-bond donors (Lipinski definition) is 0. The van der Waals surface area contributed by atoms with Gasteiger partial charge in [0.05, 0.1) is 5.56 Å². The molecule has 1 heterocycles. The van der Waals surface area contributed by atoms with Crippen molar-refractivity contribution in [2.45, 2.75) is 0 Å². The summed E-state index contributed by atoms with van der Waals surface area (Å²) < 4.78 is 18.7. The third-order valence-corrected chi connectivity index (χ3v) is 2.80. The zero-order valence-corrected chi connectivity index (χ0v) is 9.26. The lowest BCUT2D eigenvalue weighted by Crippen LogP contribution is -1.92. The van der Waals surface area contributed by atoms with Gasteiger partial charge in [0.2, 0.25) is 0 Å². The molecule has 3 aromatic rings. The first-order chi connectivity index (χ1) is 8.81. The molecule has 18 heavy (non-hydrogen) atoms. The fraction of sp³-hybridized carbons (Fsp3) is 0. The van der Waals surface area contributed by atoms with E-state index in [0.717, 1.165) is 5.39 Å². The molecule has 0 N–H and O–H groups in total. The summed E-state index contributed by atoms with van der Waals surface area (Å²) in [7, 11) is 0. The average Bonchev–Trinajstić information content (AvgIpc) is 2.82. The Morgan fingerprint density at radius 3 is 2.78 bits per heavy atom. The highest BCUT2D eigenvalue weighted by molar-refractivity contribution is 5.97. The standard InChI is InChI=1S/C14H8FNO2/c15-12-6-3-5-9(11(12)8-17)14-10-4-1-2-7-13(10)18-16-14/h1-8H. The van der Waals surface area contributed by atoms with Crippen LogP contribution in [0.25, 0.3) is 22.2 Å².